The minimum Gasteiger partial charge on any atom is -0.387 e. The lowest BCUT2D eigenvalue weighted by Crippen LogP contribution is -2.03. The number of aliphatic hydroxyl groups is 1. The molecule has 0 aliphatic carbocycles. The number of nitrogens with zero attached hydrogens (tertiary/aromatic N) is 1. The van der Waals surface area contributed by atoms with Gasteiger partial charge in [-0.3, -0.25) is 4.98 Å². The van der Waals surface area contributed by atoms with E-state index in [1.165, 1.54) is 11.3 Å². The van der Waals surface area contributed by atoms with Crippen LogP contribution in [0.5, 0.6) is 0 Å². The largest absolute Gasteiger partial charge is 0.387 e. The predicted molar refractivity (Wildman–Crippen MR) is 67.0 cm³/mol. The van der Waals surface area contributed by atoms with Crippen molar-refractivity contribution in [3.05, 3.63) is 50.9 Å². The molecule has 0 radical (unpaired) electrons. The summed E-state index contributed by atoms with van der Waals surface area (Å²) < 4.78 is 0. The number of halogens is 1. The lowest BCUT2D eigenvalue weighted by molar-refractivity contribution is 0.181. The molecule has 1 unspecified atom stereocenters. The maximum absolute atomic E-state index is 10.1. The Hall–Kier alpha value is -0.900. The van der Waals surface area contributed by atoms with E-state index in [9.17, 15) is 5.11 Å². The standard InChI is InChI=1S/C12H12ClNOS/c1-8-3-2-5-14-10(8)7-11(15)12-9(13)4-6-16-12/h2-6,11,15H,7H2,1H3. The molecule has 16 heavy (non-hydrogen) atoms. The van der Waals surface area contributed by atoms with E-state index in [0.29, 0.717) is 11.4 Å². The summed E-state index contributed by atoms with van der Waals surface area (Å²) in [5.74, 6) is 0. The number of aryl methyl sites for hydroxylation is 1. The second kappa shape index (κ2) is 4.95. The fraction of sp³-hybridized carbons (Fsp3) is 0.250. The van der Waals surface area contributed by atoms with Gasteiger partial charge in [-0.05, 0) is 30.0 Å². The summed E-state index contributed by atoms with van der Waals surface area (Å²) in [6.45, 7) is 1.99. The van der Waals surface area contributed by atoms with Gasteiger partial charge in [-0.15, -0.1) is 11.3 Å². The van der Waals surface area contributed by atoms with Crippen LogP contribution in [0.1, 0.15) is 22.2 Å². The van der Waals surface area contributed by atoms with Crippen LogP contribution in [0.15, 0.2) is 29.8 Å². The van der Waals surface area contributed by atoms with E-state index in [4.69, 9.17) is 11.6 Å². The molecule has 4 heteroatoms. The van der Waals surface area contributed by atoms with Gasteiger partial charge in [0.1, 0.15) is 0 Å². The van der Waals surface area contributed by atoms with Gasteiger partial charge in [-0.25, -0.2) is 0 Å². The van der Waals surface area contributed by atoms with E-state index in [-0.39, 0.29) is 0 Å². The molecule has 2 aromatic heterocycles. The summed E-state index contributed by atoms with van der Waals surface area (Å²) in [6.07, 6.45) is 1.68. The molecule has 0 bridgehead atoms. The van der Waals surface area contributed by atoms with Crippen molar-refractivity contribution in [2.45, 2.75) is 19.4 Å². The van der Waals surface area contributed by atoms with E-state index in [0.717, 1.165) is 16.1 Å². The number of hydrogen-bond donors (Lipinski definition) is 1. The van der Waals surface area contributed by atoms with E-state index < -0.39 is 6.10 Å². The number of rotatable bonds is 3. The normalized spacial score (nSPS) is 12.7. The summed E-state index contributed by atoms with van der Waals surface area (Å²) in [7, 11) is 0. The van der Waals surface area contributed by atoms with Gasteiger partial charge in [0.05, 0.1) is 16.0 Å². The first-order valence-corrected chi connectivity index (χ1v) is 6.25. The Morgan fingerprint density at radius 1 is 1.50 bits per heavy atom. The summed E-state index contributed by atoms with van der Waals surface area (Å²) in [5, 5.41) is 12.6. The van der Waals surface area contributed by atoms with Crippen LogP contribution in [-0.2, 0) is 6.42 Å². The maximum atomic E-state index is 10.1. The van der Waals surface area contributed by atoms with Gasteiger partial charge in [-0.1, -0.05) is 17.7 Å². The van der Waals surface area contributed by atoms with E-state index in [1.807, 2.05) is 24.4 Å². The summed E-state index contributed by atoms with van der Waals surface area (Å²) in [6, 6.07) is 5.68. The Morgan fingerprint density at radius 3 is 2.94 bits per heavy atom. The van der Waals surface area contributed by atoms with Crippen molar-refractivity contribution in [3.63, 3.8) is 0 Å². The van der Waals surface area contributed by atoms with Crippen LogP contribution in [0.4, 0.5) is 0 Å². The zero-order valence-electron chi connectivity index (χ0n) is 8.85. The lowest BCUT2D eigenvalue weighted by atomic mass is 10.1. The van der Waals surface area contributed by atoms with Crippen molar-refractivity contribution in [2.24, 2.45) is 0 Å². The second-order valence-electron chi connectivity index (χ2n) is 3.62. The number of hydrogen-bond acceptors (Lipinski definition) is 3. The molecular weight excluding hydrogens is 242 g/mol. The Bertz CT molecular complexity index is 483. The van der Waals surface area contributed by atoms with Gasteiger partial charge in [0.2, 0.25) is 0 Å². The quantitative estimate of drug-likeness (QED) is 0.910. The Balaban J connectivity index is 2.17. The zero-order chi connectivity index (χ0) is 11.5. The third-order valence-electron chi connectivity index (χ3n) is 2.45. The van der Waals surface area contributed by atoms with Gasteiger partial charge in [0, 0.05) is 18.3 Å². The third kappa shape index (κ3) is 2.43. The topological polar surface area (TPSA) is 33.1 Å². The van der Waals surface area contributed by atoms with Crippen LogP contribution in [-0.4, -0.2) is 10.1 Å². The third-order valence-corrected chi connectivity index (χ3v) is 3.91. The molecule has 0 saturated carbocycles. The molecule has 2 heterocycles. The monoisotopic (exact) mass is 253 g/mol. The molecule has 1 N–H and O–H groups in total. The molecular formula is C12H12ClNOS. The highest BCUT2D eigenvalue weighted by Crippen LogP contribution is 2.30. The highest BCUT2D eigenvalue weighted by molar-refractivity contribution is 7.10. The van der Waals surface area contributed by atoms with E-state index in [1.54, 1.807) is 12.3 Å². The molecule has 0 aliphatic rings. The number of thiophene rings is 1. The molecule has 0 amide bonds. The average Bonchev–Trinajstić information content (AvgIpc) is 2.68. The predicted octanol–water partition coefficient (Wildman–Crippen LogP) is 3.38. The molecule has 84 valence electrons. The van der Waals surface area contributed by atoms with Crippen LogP contribution in [0, 0.1) is 6.92 Å². The Labute approximate surface area is 104 Å². The average molecular weight is 254 g/mol. The Kier molecular flexibility index (Phi) is 3.59. The molecule has 0 saturated heterocycles. The minimum atomic E-state index is -0.568. The molecule has 2 rings (SSSR count). The zero-order valence-corrected chi connectivity index (χ0v) is 10.4. The van der Waals surface area contributed by atoms with Gasteiger partial charge >= 0.3 is 0 Å². The first-order valence-electron chi connectivity index (χ1n) is 5.00. The van der Waals surface area contributed by atoms with Crippen molar-refractivity contribution >= 4 is 22.9 Å². The molecule has 0 spiro atoms. The van der Waals surface area contributed by atoms with Crippen LogP contribution in [0.3, 0.4) is 0 Å². The number of aromatic nitrogens is 1. The van der Waals surface area contributed by atoms with Gasteiger partial charge in [-0.2, -0.15) is 0 Å². The first kappa shape index (κ1) is 11.6. The van der Waals surface area contributed by atoms with Crippen LogP contribution < -0.4 is 0 Å². The summed E-state index contributed by atoms with van der Waals surface area (Å²) in [5.41, 5.74) is 2.01. The minimum absolute atomic E-state index is 0.507. The summed E-state index contributed by atoms with van der Waals surface area (Å²) >= 11 is 7.44. The SMILES string of the molecule is Cc1cccnc1CC(O)c1sccc1Cl. The molecule has 1 atom stereocenters. The smallest absolute Gasteiger partial charge is 0.0952 e. The molecule has 0 fully saturated rings. The van der Waals surface area contributed by atoms with Crippen molar-refractivity contribution in [1.82, 2.24) is 4.98 Å². The van der Waals surface area contributed by atoms with Gasteiger partial charge in [0.15, 0.2) is 0 Å². The van der Waals surface area contributed by atoms with Crippen LogP contribution in [0.2, 0.25) is 5.02 Å². The fourth-order valence-corrected chi connectivity index (χ4v) is 2.72. The molecule has 0 aromatic carbocycles. The van der Waals surface area contributed by atoms with E-state index in [2.05, 4.69) is 4.98 Å². The van der Waals surface area contributed by atoms with Gasteiger partial charge < -0.3 is 5.11 Å². The van der Waals surface area contributed by atoms with Crippen LogP contribution >= 0.6 is 22.9 Å². The van der Waals surface area contributed by atoms with Crippen LogP contribution in [0.25, 0.3) is 0 Å². The Morgan fingerprint density at radius 2 is 2.31 bits per heavy atom. The molecule has 2 nitrogen and oxygen atoms in total. The molecule has 0 aliphatic heterocycles. The second-order valence-corrected chi connectivity index (χ2v) is 4.97. The molecule has 2 aromatic rings. The van der Waals surface area contributed by atoms with E-state index >= 15 is 0 Å². The highest BCUT2D eigenvalue weighted by Gasteiger charge is 2.15. The van der Waals surface area contributed by atoms with Crippen molar-refractivity contribution in [3.8, 4) is 0 Å². The van der Waals surface area contributed by atoms with Gasteiger partial charge in [0.25, 0.3) is 0 Å². The number of aliphatic hydroxyl groups excluding tert-OH is 1. The lowest BCUT2D eigenvalue weighted by Gasteiger charge is -2.10. The number of pyridine rings is 1. The van der Waals surface area contributed by atoms with Crippen molar-refractivity contribution in [2.75, 3.05) is 0 Å². The van der Waals surface area contributed by atoms with Crippen molar-refractivity contribution < 1.29 is 5.11 Å². The fourth-order valence-electron chi connectivity index (χ4n) is 1.55. The van der Waals surface area contributed by atoms with Crippen molar-refractivity contribution in [1.29, 1.82) is 0 Å². The summed E-state index contributed by atoms with van der Waals surface area (Å²) in [4.78, 5) is 5.07. The first-order chi connectivity index (χ1) is 7.68. The highest BCUT2D eigenvalue weighted by atomic mass is 35.5. The maximum Gasteiger partial charge on any atom is 0.0952 e.